The Morgan fingerprint density at radius 2 is 2.00 bits per heavy atom. The lowest BCUT2D eigenvalue weighted by atomic mass is 9.90. The SMILES string of the molecule is CC(C)(C)c1cc(CCNC(=O)C(=O)Nc2cccc3c2C2CCC3N2)no1. The van der Waals surface area contributed by atoms with Crippen molar-refractivity contribution >= 4 is 17.5 Å². The van der Waals surface area contributed by atoms with Gasteiger partial charge in [0, 0.05) is 42.2 Å². The topological polar surface area (TPSA) is 96.3 Å². The van der Waals surface area contributed by atoms with E-state index in [1.54, 1.807) is 0 Å². The Bertz CT molecular complexity index is 913. The molecule has 1 fully saturated rings. The van der Waals surface area contributed by atoms with E-state index >= 15 is 0 Å². The van der Waals surface area contributed by atoms with Gasteiger partial charge in [-0.1, -0.05) is 38.1 Å². The van der Waals surface area contributed by atoms with Crippen LogP contribution >= 0.6 is 0 Å². The largest absolute Gasteiger partial charge is 0.361 e. The first-order valence-electron chi connectivity index (χ1n) is 9.77. The number of benzene rings is 1. The molecular formula is C21H26N4O3. The highest BCUT2D eigenvalue weighted by atomic mass is 16.5. The third kappa shape index (κ3) is 3.54. The highest BCUT2D eigenvalue weighted by molar-refractivity contribution is 6.39. The van der Waals surface area contributed by atoms with Gasteiger partial charge in [-0.3, -0.25) is 9.59 Å². The molecule has 2 aliphatic rings. The number of hydrogen-bond acceptors (Lipinski definition) is 5. The van der Waals surface area contributed by atoms with Crippen LogP contribution in [-0.4, -0.2) is 23.5 Å². The molecule has 1 saturated heterocycles. The molecule has 0 radical (unpaired) electrons. The molecule has 0 saturated carbocycles. The Morgan fingerprint density at radius 1 is 1.21 bits per heavy atom. The lowest BCUT2D eigenvalue weighted by Gasteiger charge is -2.17. The van der Waals surface area contributed by atoms with Gasteiger partial charge in [0.15, 0.2) is 0 Å². The van der Waals surface area contributed by atoms with Gasteiger partial charge < -0.3 is 20.5 Å². The van der Waals surface area contributed by atoms with Crippen LogP contribution in [0.3, 0.4) is 0 Å². The predicted octanol–water partition coefficient (Wildman–Crippen LogP) is 2.75. The molecule has 1 aromatic carbocycles. The summed E-state index contributed by atoms with van der Waals surface area (Å²) in [5.74, 6) is -0.493. The van der Waals surface area contributed by atoms with Crippen molar-refractivity contribution in [2.75, 3.05) is 11.9 Å². The Morgan fingerprint density at radius 3 is 2.75 bits per heavy atom. The number of nitrogens with one attached hydrogen (secondary N) is 3. The third-order valence-electron chi connectivity index (χ3n) is 5.43. The fourth-order valence-corrected chi connectivity index (χ4v) is 3.95. The second-order valence-electron chi connectivity index (χ2n) is 8.55. The van der Waals surface area contributed by atoms with Crippen LogP contribution in [-0.2, 0) is 21.4 Å². The van der Waals surface area contributed by atoms with Crippen LogP contribution < -0.4 is 16.0 Å². The lowest BCUT2D eigenvalue weighted by molar-refractivity contribution is -0.136. The van der Waals surface area contributed by atoms with Crippen molar-refractivity contribution in [2.24, 2.45) is 0 Å². The van der Waals surface area contributed by atoms with E-state index < -0.39 is 11.8 Å². The number of hydrogen-bond donors (Lipinski definition) is 3. The Kier molecular flexibility index (Phi) is 4.71. The average molecular weight is 382 g/mol. The maximum Gasteiger partial charge on any atom is 0.313 e. The number of carbonyl (C=O) groups is 2. The van der Waals surface area contributed by atoms with Crippen LogP contribution in [0.2, 0.25) is 0 Å². The van der Waals surface area contributed by atoms with Gasteiger partial charge in [0.25, 0.3) is 0 Å². The van der Waals surface area contributed by atoms with Gasteiger partial charge in [-0.2, -0.15) is 0 Å². The van der Waals surface area contributed by atoms with Crippen molar-refractivity contribution in [3.8, 4) is 0 Å². The van der Waals surface area contributed by atoms with Gasteiger partial charge in [0.05, 0.1) is 5.69 Å². The van der Waals surface area contributed by atoms with E-state index in [0.717, 1.165) is 35.5 Å². The van der Waals surface area contributed by atoms with Crippen LogP contribution in [0.15, 0.2) is 28.8 Å². The Balaban J connectivity index is 1.32. The second kappa shape index (κ2) is 7.05. The van der Waals surface area contributed by atoms with Crippen molar-refractivity contribution in [1.29, 1.82) is 0 Å². The monoisotopic (exact) mass is 382 g/mol. The van der Waals surface area contributed by atoms with E-state index in [2.05, 4.69) is 27.2 Å². The minimum Gasteiger partial charge on any atom is -0.361 e. The van der Waals surface area contributed by atoms with E-state index in [0.29, 0.717) is 19.0 Å². The highest BCUT2D eigenvalue weighted by Gasteiger charge is 2.38. The molecule has 7 heteroatoms. The summed E-state index contributed by atoms with van der Waals surface area (Å²) in [5.41, 5.74) is 3.73. The summed E-state index contributed by atoms with van der Waals surface area (Å²) in [6.45, 7) is 6.46. The number of nitrogens with zero attached hydrogens (tertiary/aromatic N) is 1. The van der Waals surface area contributed by atoms with Gasteiger partial charge in [0.1, 0.15) is 5.76 Å². The maximum atomic E-state index is 12.3. The van der Waals surface area contributed by atoms with Gasteiger partial charge in [-0.25, -0.2) is 0 Å². The van der Waals surface area contributed by atoms with Gasteiger partial charge in [0.2, 0.25) is 0 Å². The first-order chi connectivity index (χ1) is 13.3. The number of amides is 2. The predicted molar refractivity (Wildman–Crippen MR) is 105 cm³/mol. The fourth-order valence-electron chi connectivity index (χ4n) is 3.95. The van der Waals surface area contributed by atoms with E-state index in [-0.39, 0.29) is 11.5 Å². The molecule has 2 aromatic rings. The molecule has 7 nitrogen and oxygen atoms in total. The molecule has 2 bridgehead atoms. The highest BCUT2D eigenvalue weighted by Crippen LogP contribution is 2.47. The van der Waals surface area contributed by atoms with Gasteiger partial charge in [-0.15, -0.1) is 0 Å². The lowest BCUT2D eigenvalue weighted by Crippen LogP contribution is -2.36. The summed E-state index contributed by atoms with van der Waals surface area (Å²) < 4.78 is 5.33. The number of rotatable bonds is 4. The Hall–Kier alpha value is -2.67. The van der Waals surface area contributed by atoms with Crippen LogP contribution in [0.25, 0.3) is 0 Å². The molecule has 2 unspecified atom stereocenters. The quantitative estimate of drug-likeness (QED) is 0.707. The average Bonchev–Trinajstić information content (AvgIpc) is 3.37. The van der Waals surface area contributed by atoms with Crippen molar-refractivity contribution in [2.45, 2.75) is 57.5 Å². The minimum atomic E-state index is -0.647. The maximum absolute atomic E-state index is 12.3. The number of carbonyl (C=O) groups excluding carboxylic acids is 2. The minimum absolute atomic E-state index is 0.112. The Labute approximate surface area is 164 Å². The molecule has 148 valence electrons. The number of anilines is 1. The first kappa shape index (κ1) is 18.7. The van der Waals surface area contributed by atoms with Gasteiger partial charge >= 0.3 is 11.8 Å². The summed E-state index contributed by atoms with van der Waals surface area (Å²) >= 11 is 0. The molecule has 28 heavy (non-hydrogen) atoms. The van der Waals surface area contributed by atoms with Crippen LogP contribution in [0.1, 0.15) is 68.3 Å². The first-order valence-corrected chi connectivity index (χ1v) is 9.77. The summed E-state index contributed by atoms with van der Waals surface area (Å²) in [6, 6.07) is 8.39. The molecule has 3 heterocycles. The molecule has 2 amide bonds. The molecule has 2 aliphatic heterocycles. The summed E-state index contributed by atoms with van der Waals surface area (Å²) in [6.07, 6.45) is 2.69. The van der Waals surface area contributed by atoms with E-state index in [1.807, 2.05) is 39.0 Å². The van der Waals surface area contributed by atoms with Gasteiger partial charge in [-0.05, 0) is 30.0 Å². The zero-order chi connectivity index (χ0) is 19.9. The summed E-state index contributed by atoms with van der Waals surface area (Å²) in [7, 11) is 0. The van der Waals surface area contributed by atoms with E-state index in [9.17, 15) is 9.59 Å². The third-order valence-corrected chi connectivity index (χ3v) is 5.43. The fraction of sp³-hybridized carbons (Fsp3) is 0.476. The van der Waals surface area contributed by atoms with Crippen molar-refractivity contribution in [3.63, 3.8) is 0 Å². The number of aromatic nitrogens is 1. The van der Waals surface area contributed by atoms with Crippen molar-refractivity contribution < 1.29 is 14.1 Å². The summed E-state index contributed by atoms with van der Waals surface area (Å²) in [4.78, 5) is 24.5. The van der Waals surface area contributed by atoms with Crippen LogP contribution in [0.4, 0.5) is 5.69 Å². The molecule has 0 spiro atoms. The van der Waals surface area contributed by atoms with E-state index in [1.165, 1.54) is 5.56 Å². The van der Waals surface area contributed by atoms with Crippen molar-refractivity contribution in [3.05, 3.63) is 46.8 Å². The normalized spacial score (nSPS) is 20.1. The zero-order valence-electron chi connectivity index (χ0n) is 16.5. The molecule has 3 N–H and O–H groups in total. The van der Waals surface area contributed by atoms with Crippen molar-refractivity contribution in [1.82, 2.24) is 15.8 Å². The summed E-state index contributed by atoms with van der Waals surface area (Å²) in [5, 5.41) is 13.0. The number of fused-ring (bicyclic) bond motifs is 5. The van der Waals surface area contributed by atoms with E-state index in [4.69, 9.17) is 4.52 Å². The molecule has 1 aromatic heterocycles. The molecule has 4 rings (SSSR count). The second-order valence-corrected chi connectivity index (χ2v) is 8.55. The molecule has 2 atom stereocenters. The molecular weight excluding hydrogens is 356 g/mol. The van der Waals surface area contributed by atoms with Crippen LogP contribution in [0.5, 0.6) is 0 Å². The standard InChI is InChI=1S/C21H26N4O3/c1-21(2,3)17-11-12(25-28-17)9-10-22-19(26)20(27)24-15-6-4-5-13-14-7-8-16(23-14)18(13)15/h4-6,11,14,16,23H,7-10H2,1-3H3,(H,22,26)(H,24,27). The van der Waals surface area contributed by atoms with Crippen LogP contribution in [0, 0.1) is 0 Å². The smallest absolute Gasteiger partial charge is 0.313 e. The zero-order valence-corrected chi connectivity index (χ0v) is 16.5. The molecule has 0 aliphatic carbocycles.